The van der Waals surface area contributed by atoms with Crippen LogP contribution in [0.3, 0.4) is 0 Å². The van der Waals surface area contributed by atoms with Crippen molar-refractivity contribution in [2.75, 3.05) is 13.1 Å². The van der Waals surface area contributed by atoms with E-state index in [-0.39, 0.29) is 6.10 Å². The van der Waals surface area contributed by atoms with Gasteiger partial charge in [-0.05, 0) is 31.5 Å². The molecule has 16 heavy (non-hydrogen) atoms. The van der Waals surface area contributed by atoms with Crippen molar-refractivity contribution in [3.8, 4) is 5.19 Å². The van der Waals surface area contributed by atoms with Gasteiger partial charge in [-0.15, -0.1) is 0 Å². The van der Waals surface area contributed by atoms with Crippen LogP contribution in [0.1, 0.15) is 12.8 Å². The Morgan fingerprint density at radius 1 is 1.38 bits per heavy atom. The van der Waals surface area contributed by atoms with Crippen molar-refractivity contribution in [1.82, 2.24) is 10.3 Å². The third kappa shape index (κ3) is 2.03. The molecule has 0 bridgehead atoms. The summed E-state index contributed by atoms with van der Waals surface area (Å²) in [6.45, 7) is 2.05. The molecule has 1 atom stereocenters. The summed E-state index contributed by atoms with van der Waals surface area (Å²) >= 11 is 1.63. The van der Waals surface area contributed by atoms with Crippen LogP contribution in [0.5, 0.6) is 5.19 Å². The van der Waals surface area contributed by atoms with Crippen LogP contribution < -0.4 is 10.1 Å². The van der Waals surface area contributed by atoms with E-state index in [9.17, 15) is 0 Å². The highest BCUT2D eigenvalue weighted by molar-refractivity contribution is 7.20. The molecule has 0 aliphatic carbocycles. The minimum absolute atomic E-state index is 0.286. The quantitative estimate of drug-likeness (QED) is 0.866. The summed E-state index contributed by atoms with van der Waals surface area (Å²) in [4.78, 5) is 4.48. The van der Waals surface area contributed by atoms with Crippen LogP contribution in [0.25, 0.3) is 10.2 Å². The van der Waals surface area contributed by atoms with Crippen LogP contribution in [-0.2, 0) is 0 Å². The average Bonchev–Trinajstić information content (AvgIpc) is 2.72. The highest BCUT2D eigenvalue weighted by Crippen LogP contribution is 2.28. The zero-order chi connectivity index (χ0) is 10.8. The first-order valence-corrected chi connectivity index (χ1v) is 6.46. The summed E-state index contributed by atoms with van der Waals surface area (Å²) in [6.07, 6.45) is 2.60. The number of para-hydroxylation sites is 1. The molecule has 1 aliphatic heterocycles. The normalized spacial score (nSPS) is 21.1. The van der Waals surface area contributed by atoms with E-state index in [0.717, 1.165) is 30.2 Å². The maximum Gasteiger partial charge on any atom is 0.274 e. The van der Waals surface area contributed by atoms with Gasteiger partial charge in [-0.3, -0.25) is 0 Å². The predicted octanol–water partition coefficient (Wildman–Crippen LogP) is 2.43. The molecule has 2 aromatic rings. The Kier molecular flexibility index (Phi) is 2.76. The number of hydrogen-bond donors (Lipinski definition) is 1. The smallest absolute Gasteiger partial charge is 0.274 e. The Balaban J connectivity index is 1.78. The molecule has 84 valence electrons. The Hall–Kier alpha value is -1.13. The molecule has 0 saturated carbocycles. The molecule has 0 amide bonds. The summed E-state index contributed by atoms with van der Waals surface area (Å²) in [5, 5.41) is 4.14. The minimum atomic E-state index is 0.286. The number of hydrogen-bond acceptors (Lipinski definition) is 4. The van der Waals surface area contributed by atoms with E-state index in [0.29, 0.717) is 0 Å². The molecule has 4 heteroatoms. The molecule has 2 heterocycles. The highest BCUT2D eigenvalue weighted by atomic mass is 32.1. The maximum absolute atomic E-state index is 5.89. The Morgan fingerprint density at radius 3 is 3.12 bits per heavy atom. The van der Waals surface area contributed by atoms with Crippen LogP contribution in [0.2, 0.25) is 0 Å². The van der Waals surface area contributed by atoms with Crippen molar-refractivity contribution in [3.05, 3.63) is 24.3 Å². The van der Waals surface area contributed by atoms with Crippen LogP contribution in [0.4, 0.5) is 0 Å². The van der Waals surface area contributed by atoms with Gasteiger partial charge in [-0.1, -0.05) is 23.5 Å². The molecule has 1 aromatic carbocycles. The first kappa shape index (κ1) is 10.1. The van der Waals surface area contributed by atoms with Crippen molar-refractivity contribution in [2.45, 2.75) is 18.9 Å². The lowest BCUT2D eigenvalue weighted by Crippen LogP contribution is -2.37. The number of piperidine rings is 1. The largest absolute Gasteiger partial charge is 0.465 e. The molecule has 1 unspecified atom stereocenters. The number of nitrogens with one attached hydrogen (secondary N) is 1. The van der Waals surface area contributed by atoms with E-state index >= 15 is 0 Å². The first-order chi connectivity index (χ1) is 7.92. The molecule has 3 nitrogen and oxygen atoms in total. The number of nitrogens with zero attached hydrogens (tertiary/aromatic N) is 1. The lowest BCUT2D eigenvalue weighted by atomic mass is 10.1. The zero-order valence-electron chi connectivity index (χ0n) is 8.98. The number of fused-ring (bicyclic) bond motifs is 1. The van der Waals surface area contributed by atoms with Gasteiger partial charge < -0.3 is 10.1 Å². The molecular weight excluding hydrogens is 220 g/mol. The molecule has 1 saturated heterocycles. The molecular formula is C12H14N2OS. The van der Waals surface area contributed by atoms with Crippen LogP contribution in [0.15, 0.2) is 24.3 Å². The van der Waals surface area contributed by atoms with Gasteiger partial charge in [0, 0.05) is 6.54 Å². The molecule has 0 spiro atoms. The fraction of sp³-hybridized carbons (Fsp3) is 0.417. The Labute approximate surface area is 98.5 Å². The third-order valence-electron chi connectivity index (χ3n) is 2.79. The fourth-order valence-electron chi connectivity index (χ4n) is 1.96. The summed E-state index contributed by atoms with van der Waals surface area (Å²) in [5.74, 6) is 0. The van der Waals surface area contributed by atoms with Gasteiger partial charge in [0.2, 0.25) is 0 Å². The molecule has 0 radical (unpaired) electrons. The van der Waals surface area contributed by atoms with Gasteiger partial charge in [-0.25, -0.2) is 4.98 Å². The highest BCUT2D eigenvalue weighted by Gasteiger charge is 2.16. The second kappa shape index (κ2) is 4.39. The molecule has 1 aromatic heterocycles. The van der Waals surface area contributed by atoms with Crippen LogP contribution in [0, 0.1) is 0 Å². The van der Waals surface area contributed by atoms with E-state index in [2.05, 4.69) is 16.4 Å². The maximum atomic E-state index is 5.89. The lowest BCUT2D eigenvalue weighted by molar-refractivity contribution is 0.167. The van der Waals surface area contributed by atoms with Gasteiger partial charge in [0.05, 0.1) is 10.2 Å². The minimum Gasteiger partial charge on any atom is -0.465 e. The Bertz CT molecular complexity index is 444. The summed E-state index contributed by atoms with van der Waals surface area (Å²) < 4.78 is 7.08. The molecule has 1 N–H and O–H groups in total. The van der Waals surface area contributed by atoms with Crippen molar-refractivity contribution in [3.63, 3.8) is 0 Å². The molecule has 1 aliphatic rings. The van der Waals surface area contributed by atoms with Crippen molar-refractivity contribution < 1.29 is 4.74 Å². The SMILES string of the molecule is c1ccc2sc(OC3CCCNC3)nc2c1. The van der Waals surface area contributed by atoms with E-state index in [1.165, 1.54) is 11.1 Å². The summed E-state index contributed by atoms with van der Waals surface area (Å²) in [5.41, 5.74) is 1.03. The molecule has 1 fully saturated rings. The van der Waals surface area contributed by atoms with E-state index in [1.54, 1.807) is 11.3 Å². The number of thiazole rings is 1. The van der Waals surface area contributed by atoms with E-state index in [4.69, 9.17) is 4.74 Å². The van der Waals surface area contributed by atoms with Crippen LogP contribution in [-0.4, -0.2) is 24.2 Å². The first-order valence-electron chi connectivity index (χ1n) is 5.65. The van der Waals surface area contributed by atoms with Gasteiger partial charge in [0.15, 0.2) is 0 Å². The zero-order valence-corrected chi connectivity index (χ0v) is 9.80. The number of aromatic nitrogens is 1. The fourth-order valence-corrected chi connectivity index (χ4v) is 2.85. The van der Waals surface area contributed by atoms with E-state index in [1.807, 2.05) is 18.2 Å². The van der Waals surface area contributed by atoms with E-state index < -0.39 is 0 Å². The number of benzene rings is 1. The summed E-state index contributed by atoms with van der Waals surface area (Å²) in [7, 11) is 0. The topological polar surface area (TPSA) is 34.1 Å². The van der Waals surface area contributed by atoms with Crippen molar-refractivity contribution in [1.29, 1.82) is 0 Å². The predicted molar refractivity (Wildman–Crippen MR) is 66.1 cm³/mol. The average molecular weight is 234 g/mol. The monoisotopic (exact) mass is 234 g/mol. The third-order valence-corrected chi connectivity index (χ3v) is 3.72. The number of ether oxygens (including phenoxy) is 1. The van der Waals surface area contributed by atoms with Gasteiger partial charge in [-0.2, -0.15) is 0 Å². The number of rotatable bonds is 2. The Morgan fingerprint density at radius 2 is 2.31 bits per heavy atom. The second-order valence-corrected chi connectivity index (χ2v) is 5.03. The lowest BCUT2D eigenvalue weighted by Gasteiger charge is -2.22. The van der Waals surface area contributed by atoms with Gasteiger partial charge >= 0.3 is 0 Å². The van der Waals surface area contributed by atoms with Gasteiger partial charge in [0.1, 0.15) is 6.10 Å². The van der Waals surface area contributed by atoms with Crippen LogP contribution >= 0.6 is 11.3 Å². The summed E-state index contributed by atoms with van der Waals surface area (Å²) in [6, 6.07) is 8.15. The molecule has 3 rings (SSSR count). The van der Waals surface area contributed by atoms with Crippen molar-refractivity contribution >= 4 is 21.6 Å². The van der Waals surface area contributed by atoms with Crippen molar-refractivity contribution in [2.24, 2.45) is 0 Å². The van der Waals surface area contributed by atoms with Gasteiger partial charge in [0.25, 0.3) is 5.19 Å². The second-order valence-electron chi connectivity index (χ2n) is 4.03. The standard InChI is InChI=1S/C12H14N2OS/c1-2-6-11-10(5-1)14-12(16-11)15-9-4-3-7-13-8-9/h1-2,5-6,9,13H,3-4,7-8H2.